The van der Waals surface area contributed by atoms with Gasteiger partial charge in [-0.1, -0.05) is 18.2 Å². The number of aliphatic hydroxyl groups excluding tert-OH is 5. The van der Waals surface area contributed by atoms with Gasteiger partial charge in [0.05, 0.1) is 33.0 Å². The first kappa shape index (κ1) is 34.6. The third-order valence-electron chi connectivity index (χ3n) is 7.68. The molecule has 248 valence electrons. The number of aliphatic hydroxyl groups is 5. The van der Waals surface area contributed by atoms with Gasteiger partial charge in [-0.3, -0.25) is 0 Å². The summed E-state index contributed by atoms with van der Waals surface area (Å²) in [4.78, 5) is 12.9. The Morgan fingerprint density at radius 3 is 2.31 bits per heavy atom. The summed E-state index contributed by atoms with van der Waals surface area (Å²) in [6.45, 7) is 0.543. The van der Waals surface area contributed by atoms with Crippen LogP contribution >= 0.6 is 0 Å². The minimum Gasteiger partial charge on any atom is -0.508 e. The van der Waals surface area contributed by atoms with Crippen LogP contribution in [0.25, 0.3) is 6.08 Å². The Morgan fingerprint density at radius 2 is 1.62 bits per heavy atom. The number of phenols is 2. The summed E-state index contributed by atoms with van der Waals surface area (Å²) in [5.41, 5.74) is 1.35. The summed E-state index contributed by atoms with van der Waals surface area (Å²) in [6.07, 6.45) is -10.2. The Bertz CT molecular complexity index is 1270. The number of hydrogen-bond donors (Lipinski definition) is 7. The summed E-state index contributed by atoms with van der Waals surface area (Å²) >= 11 is 0. The van der Waals surface area contributed by atoms with Crippen molar-refractivity contribution in [1.29, 1.82) is 0 Å². The van der Waals surface area contributed by atoms with Gasteiger partial charge in [-0.25, -0.2) is 4.79 Å². The van der Waals surface area contributed by atoms with Crippen molar-refractivity contribution in [3.63, 3.8) is 0 Å². The van der Waals surface area contributed by atoms with Gasteiger partial charge in [0.25, 0.3) is 0 Å². The highest BCUT2D eigenvalue weighted by Crippen LogP contribution is 2.30. The number of esters is 1. The van der Waals surface area contributed by atoms with Crippen LogP contribution in [0, 0.1) is 0 Å². The molecule has 0 saturated carbocycles. The van der Waals surface area contributed by atoms with Gasteiger partial charge in [0.2, 0.25) is 0 Å². The van der Waals surface area contributed by atoms with Crippen molar-refractivity contribution in [2.75, 3.05) is 26.9 Å². The largest absolute Gasteiger partial charge is 0.508 e. The zero-order valence-electron chi connectivity index (χ0n) is 24.8. The van der Waals surface area contributed by atoms with Gasteiger partial charge in [0.15, 0.2) is 23.9 Å². The Morgan fingerprint density at radius 1 is 0.889 bits per heavy atom. The first-order chi connectivity index (χ1) is 21.5. The van der Waals surface area contributed by atoms with Gasteiger partial charge in [0.1, 0.15) is 48.5 Å². The van der Waals surface area contributed by atoms with Crippen LogP contribution in [0.2, 0.25) is 0 Å². The van der Waals surface area contributed by atoms with Crippen LogP contribution in [-0.4, -0.2) is 130 Å². The number of benzene rings is 2. The number of methoxy groups -OCH3 is 1. The standard InChI is InChI=1S/C31H40O14/c1-16-25(36)27(38)26(37)23(43-16)15-42-30-28(39)31(41-12-11-17-3-7-19(33)8-4-17)44-22(14-32)29(30)45-24(35)10-6-18-5-9-20(34)21(13-18)40-2/h3-10,13,16,22-23,25-34,36-39H,11-12,14-15H2,1-2H3/b10-6+/t16-,22+,23-,25-,26-,27+,28+,29+,30+,31+/m0/s1. The molecule has 10 atom stereocenters. The van der Waals surface area contributed by atoms with Crippen LogP contribution < -0.4 is 4.74 Å². The lowest BCUT2D eigenvalue weighted by Crippen LogP contribution is -2.63. The minimum atomic E-state index is -1.55. The molecule has 0 aliphatic carbocycles. The molecule has 0 bridgehead atoms. The molecular formula is C31H40O14. The van der Waals surface area contributed by atoms with Crippen molar-refractivity contribution in [3.05, 3.63) is 59.7 Å². The molecule has 0 unspecified atom stereocenters. The number of hydrogen-bond acceptors (Lipinski definition) is 14. The lowest BCUT2D eigenvalue weighted by Gasteiger charge is -2.44. The summed E-state index contributed by atoms with van der Waals surface area (Å²) in [7, 11) is 1.38. The molecule has 2 aromatic carbocycles. The first-order valence-corrected chi connectivity index (χ1v) is 14.4. The molecule has 2 aliphatic rings. The van der Waals surface area contributed by atoms with Crippen molar-refractivity contribution in [2.24, 2.45) is 0 Å². The number of rotatable bonds is 12. The van der Waals surface area contributed by atoms with Crippen LogP contribution in [0.3, 0.4) is 0 Å². The maximum absolute atomic E-state index is 12.9. The van der Waals surface area contributed by atoms with E-state index in [9.17, 15) is 40.5 Å². The van der Waals surface area contributed by atoms with Gasteiger partial charge < -0.3 is 64.2 Å². The second kappa shape index (κ2) is 15.8. The monoisotopic (exact) mass is 636 g/mol. The number of carbonyl (C=O) groups excluding carboxylic acids is 1. The third-order valence-corrected chi connectivity index (χ3v) is 7.68. The molecule has 2 fully saturated rings. The highest BCUT2D eigenvalue weighted by Gasteiger charge is 2.50. The average Bonchev–Trinajstić information content (AvgIpc) is 3.03. The van der Waals surface area contributed by atoms with Crippen LogP contribution in [0.15, 0.2) is 48.5 Å². The molecule has 14 nitrogen and oxygen atoms in total. The Kier molecular flexibility index (Phi) is 12.1. The van der Waals surface area contributed by atoms with Crippen molar-refractivity contribution >= 4 is 12.0 Å². The topological polar surface area (TPSA) is 214 Å². The normalized spacial score (nSPS) is 32.0. The van der Waals surface area contributed by atoms with Gasteiger partial charge >= 0.3 is 5.97 Å². The van der Waals surface area contributed by atoms with E-state index in [1.54, 1.807) is 18.2 Å². The summed E-state index contributed by atoms with van der Waals surface area (Å²) in [5.74, 6) is -0.653. The van der Waals surface area contributed by atoms with E-state index in [1.165, 1.54) is 44.4 Å². The summed E-state index contributed by atoms with van der Waals surface area (Å²) < 4.78 is 33.7. The van der Waals surface area contributed by atoms with E-state index in [1.807, 2.05) is 0 Å². The van der Waals surface area contributed by atoms with Crippen LogP contribution in [-0.2, 0) is 34.9 Å². The van der Waals surface area contributed by atoms with Gasteiger partial charge in [-0.15, -0.1) is 0 Å². The smallest absolute Gasteiger partial charge is 0.331 e. The SMILES string of the molecule is COc1cc(/C=C/C(=O)O[C@H]2[C@H](OC[C@@H]3O[C@@H](C)[C@H](O)[C@@H](O)[C@H]3O)[C@@H](O)[C@H](OCCc3ccc(O)cc3)O[C@@H]2CO)ccc1O. The molecular weight excluding hydrogens is 596 g/mol. The zero-order valence-corrected chi connectivity index (χ0v) is 24.8. The number of carbonyl (C=O) groups is 1. The van der Waals surface area contributed by atoms with Crippen molar-refractivity contribution < 1.29 is 69.0 Å². The molecule has 2 saturated heterocycles. The second-order valence-electron chi connectivity index (χ2n) is 10.8. The molecule has 2 heterocycles. The first-order valence-electron chi connectivity index (χ1n) is 14.4. The molecule has 0 radical (unpaired) electrons. The van der Waals surface area contributed by atoms with Crippen LogP contribution in [0.1, 0.15) is 18.1 Å². The van der Waals surface area contributed by atoms with Crippen LogP contribution in [0.5, 0.6) is 17.2 Å². The Labute approximate surface area is 259 Å². The molecule has 4 rings (SSSR count). The average molecular weight is 637 g/mol. The molecule has 2 aliphatic heterocycles. The number of ether oxygens (including phenoxy) is 6. The summed E-state index contributed by atoms with van der Waals surface area (Å²) in [5, 5.41) is 71.4. The van der Waals surface area contributed by atoms with Crippen LogP contribution in [0.4, 0.5) is 0 Å². The lowest BCUT2D eigenvalue weighted by atomic mass is 9.95. The highest BCUT2D eigenvalue weighted by molar-refractivity contribution is 5.87. The van der Waals surface area contributed by atoms with Gasteiger partial charge in [-0.2, -0.15) is 0 Å². The molecule has 0 aromatic heterocycles. The maximum Gasteiger partial charge on any atom is 0.331 e. The van der Waals surface area contributed by atoms with Gasteiger partial charge in [0, 0.05) is 6.08 Å². The summed E-state index contributed by atoms with van der Waals surface area (Å²) in [6, 6.07) is 10.9. The fourth-order valence-corrected chi connectivity index (χ4v) is 5.08. The zero-order chi connectivity index (χ0) is 32.7. The lowest BCUT2D eigenvalue weighted by molar-refractivity contribution is -0.315. The van der Waals surface area contributed by atoms with E-state index >= 15 is 0 Å². The highest BCUT2D eigenvalue weighted by atomic mass is 16.7. The Hall–Kier alpha value is -3.31. The Balaban J connectivity index is 1.49. The van der Waals surface area contributed by atoms with E-state index in [2.05, 4.69) is 0 Å². The fourth-order valence-electron chi connectivity index (χ4n) is 5.08. The maximum atomic E-state index is 12.9. The predicted octanol–water partition coefficient (Wildman–Crippen LogP) is -0.376. The van der Waals surface area contributed by atoms with E-state index in [4.69, 9.17) is 28.4 Å². The number of aromatic hydroxyl groups is 2. The fraction of sp³-hybridized carbons (Fsp3) is 0.516. The molecule has 14 heteroatoms. The number of phenolic OH excluding ortho intramolecular Hbond substituents is 2. The molecule has 45 heavy (non-hydrogen) atoms. The van der Waals surface area contributed by atoms with E-state index in [0.29, 0.717) is 12.0 Å². The molecule has 0 spiro atoms. The van der Waals surface area contributed by atoms with Crippen molar-refractivity contribution in [2.45, 2.75) is 74.6 Å². The quantitative estimate of drug-likeness (QED) is 0.117. The molecule has 7 N–H and O–H groups in total. The predicted molar refractivity (Wildman–Crippen MR) is 155 cm³/mol. The van der Waals surface area contributed by atoms with E-state index in [-0.39, 0.29) is 23.9 Å². The minimum absolute atomic E-state index is 0.0761. The van der Waals surface area contributed by atoms with E-state index < -0.39 is 80.4 Å². The third kappa shape index (κ3) is 8.70. The van der Waals surface area contributed by atoms with Crippen molar-refractivity contribution in [3.8, 4) is 17.2 Å². The van der Waals surface area contributed by atoms with E-state index in [0.717, 1.165) is 11.6 Å². The van der Waals surface area contributed by atoms with Gasteiger partial charge in [-0.05, 0) is 54.8 Å². The molecule has 0 amide bonds. The van der Waals surface area contributed by atoms with Crippen molar-refractivity contribution in [1.82, 2.24) is 0 Å². The molecule has 2 aromatic rings. The second-order valence-corrected chi connectivity index (χ2v) is 10.8.